The van der Waals surface area contributed by atoms with Crippen molar-refractivity contribution in [2.24, 2.45) is 0 Å². The van der Waals surface area contributed by atoms with Crippen LogP contribution in [-0.2, 0) is 9.59 Å². The number of amides is 2. The summed E-state index contributed by atoms with van der Waals surface area (Å²) in [6, 6.07) is 13.2. The maximum absolute atomic E-state index is 12.8. The maximum atomic E-state index is 12.8. The Bertz CT molecular complexity index is 1020. The molecule has 0 saturated carbocycles. The summed E-state index contributed by atoms with van der Waals surface area (Å²) in [5.41, 5.74) is 1.55. The van der Waals surface area contributed by atoms with Gasteiger partial charge < -0.3 is 15.4 Å². The van der Waals surface area contributed by atoms with Gasteiger partial charge in [-0.25, -0.2) is 4.98 Å². The molecular formula is C21H23N3O3S2. The van der Waals surface area contributed by atoms with Crippen molar-refractivity contribution in [3.05, 3.63) is 42.5 Å². The Morgan fingerprint density at radius 3 is 2.72 bits per heavy atom. The van der Waals surface area contributed by atoms with E-state index in [-0.39, 0.29) is 17.1 Å². The summed E-state index contributed by atoms with van der Waals surface area (Å²) in [5, 5.41) is 6.00. The van der Waals surface area contributed by atoms with Gasteiger partial charge in [0.25, 0.3) is 0 Å². The van der Waals surface area contributed by atoms with Crippen molar-refractivity contribution in [2.75, 3.05) is 17.2 Å². The highest BCUT2D eigenvalue weighted by molar-refractivity contribution is 8.00. The number of aromatic nitrogens is 1. The molecule has 2 aromatic carbocycles. The second-order valence-electron chi connectivity index (χ2n) is 6.29. The van der Waals surface area contributed by atoms with Gasteiger partial charge in [0.1, 0.15) is 5.75 Å². The van der Waals surface area contributed by atoms with Crippen molar-refractivity contribution in [1.82, 2.24) is 4.98 Å². The number of hydrogen-bond donors (Lipinski definition) is 2. The molecule has 0 aliphatic heterocycles. The monoisotopic (exact) mass is 429 g/mol. The van der Waals surface area contributed by atoms with E-state index in [1.807, 2.05) is 56.3 Å². The molecule has 0 fully saturated rings. The number of rotatable bonds is 8. The highest BCUT2D eigenvalue weighted by atomic mass is 32.2. The van der Waals surface area contributed by atoms with Crippen LogP contribution in [0.25, 0.3) is 10.2 Å². The molecule has 0 radical (unpaired) electrons. The van der Waals surface area contributed by atoms with Gasteiger partial charge in [-0.15, -0.1) is 11.8 Å². The summed E-state index contributed by atoms with van der Waals surface area (Å²) in [7, 11) is 0. The Hall–Kier alpha value is -2.58. The molecule has 0 aliphatic rings. The summed E-state index contributed by atoms with van der Waals surface area (Å²) in [4.78, 5) is 29.5. The van der Waals surface area contributed by atoms with Gasteiger partial charge in [0.2, 0.25) is 11.8 Å². The number of ether oxygens (including phenoxy) is 1. The van der Waals surface area contributed by atoms with Crippen molar-refractivity contribution >= 4 is 55.9 Å². The highest BCUT2D eigenvalue weighted by Gasteiger charge is 2.20. The van der Waals surface area contributed by atoms with Crippen molar-refractivity contribution < 1.29 is 14.3 Å². The molecule has 8 heteroatoms. The summed E-state index contributed by atoms with van der Waals surface area (Å²) < 4.78 is 6.49. The molecule has 2 amide bonds. The lowest BCUT2D eigenvalue weighted by molar-refractivity contribution is -0.116. The van der Waals surface area contributed by atoms with E-state index < -0.39 is 0 Å². The Labute approximate surface area is 178 Å². The molecule has 6 nitrogen and oxygen atoms in total. The molecule has 0 bridgehead atoms. The molecule has 0 spiro atoms. The molecule has 152 valence electrons. The van der Waals surface area contributed by atoms with Crippen LogP contribution in [-0.4, -0.2) is 28.7 Å². The van der Waals surface area contributed by atoms with E-state index in [1.165, 1.54) is 30.0 Å². The zero-order valence-electron chi connectivity index (χ0n) is 16.5. The number of thiazole rings is 1. The van der Waals surface area contributed by atoms with E-state index in [0.29, 0.717) is 23.8 Å². The largest absolute Gasteiger partial charge is 0.494 e. The van der Waals surface area contributed by atoms with Crippen LogP contribution in [0.2, 0.25) is 0 Å². The normalized spacial score (nSPS) is 11.8. The van der Waals surface area contributed by atoms with Gasteiger partial charge in [0, 0.05) is 17.5 Å². The van der Waals surface area contributed by atoms with Crippen molar-refractivity contribution in [1.29, 1.82) is 0 Å². The van der Waals surface area contributed by atoms with Gasteiger partial charge in [0.05, 0.1) is 22.1 Å². The molecule has 3 rings (SSSR count). The van der Waals surface area contributed by atoms with Crippen LogP contribution in [0.4, 0.5) is 10.8 Å². The van der Waals surface area contributed by atoms with E-state index in [9.17, 15) is 9.59 Å². The zero-order chi connectivity index (χ0) is 20.8. The van der Waals surface area contributed by atoms with Crippen LogP contribution in [0.3, 0.4) is 0 Å². The van der Waals surface area contributed by atoms with Gasteiger partial charge in [-0.2, -0.15) is 0 Å². The van der Waals surface area contributed by atoms with Crippen LogP contribution in [0.15, 0.2) is 47.4 Å². The molecule has 29 heavy (non-hydrogen) atoms. The quantitative estimate of drug-likeness (QED) is 0.483. The van der Waals surface area contributed by atoms with E-state index in [4.69, 9.17) is 4.74 Å². The third-order valence-corrected chi connectivity index (χ3v) is 6.29. The lowest BCUT2D eigenvalue weighted by atomic mass is 10.3. The molecule has 1 unspecified atom stereocenters. The Kier molecular flexibility index (Phi) is 7.11. The standard InChI is InChI=1S/C21H23N3O3S2/c1-4-18(28-16-8-6-7-14(11-16)22-13(3)25)20(26)24-21-23-17-10-9-15(27-5-2)12-19(17)29-21/h6-12,18H,4-5H2,1-3H3,(H,22,25)(H,23,24,26). The number of thioether (sulfide) groups is 1. The zero-order valence-corrected chi connectivity index (χ0v) is 18.2. The minimum absolute atomic E-state index is 0.0912. The van der Waals surface area contributed by atoms with Gasteiger partial charge in [-0.3, -0.25) is 9.59 Å². The lowest BCUT2D eigenvalue weighted by Gasteiger charge is -2.14. The summed E-state index contributed by atoms with van der Waals surface area (Å²) in [6.07, 6.45) is 0.667. The fourth-order valence-corrected chi connectivity index (χ4v) is 4.65. The van der Waals surface area contributed by atoms with Crippen molar-refractivity contribution in [3.8, 4) is 5.75 Å². The first-order chi connectivity index (χ1) is 14.0. The molecule has 1 atom stereocenters. The van der Waals surface area contributed by atoms with E-state index in [0.717, 1.165) is 20.9 Å². The van der Waals surface area contributed by atoms with Crippen LogP contribution in [0.5, 0.6) is 5.75 Å². The Morgan fingerprint density at radius 2 is 2.00 bits per heavy atom. The van der Waals surface area contributed by atoms with E-state index >= 15 is 0 Å². The molecule has 3 aromatic rings. The third-order valence-electron chi connectivity index (χ3n) is 4.00. The molecule has 0 aliphatic carbocycles. The fraction of sp³-hybridized carbons (Fsp3) is 0.286. The van der Waals surface area contributed by atoms with E-state index in [1.54, 1.807) is 0 Å². The smallest absolute Gasteiger partial charge is 0.239 e. The summed E-state index contributed by atoms with van der Waals surface area (Å²) in [5.74, 6) is 0.578. The predicted octanol–water partition coefficient (Wildman–Crippen LogP) is 5.16. The third kappa shape index (κ3) is 5.71. The van der Waals surface area contributed by atoms with Crippen molar-refractivity contribution in [3.63, 3.8) is 0 Å². The number of nitrogens with one attached hydrogen (secondary N) is 2. The first-order valence-electron chi connectivity index (χ1n) is 9.37. The van der Waals surface area contributed by atoms with Crippen LogP contribution >= 0.6 is 23.1 Å². The molecule has 2 N–H and O–H groups in total. The highest BCUT2D eigenvalue weighted by Crippen LogP contribution is 2.32. The molecule has 0 saturated heterocycles. The number of nitrogens with zero attached hydrogens (tertiary/aromatic N) is 1. The minimum atomic E-state index is -0.270. The van der Waals surface area contributed by atoms with Crippen LogP contribution in [0, 0.1) is 0 Å². The van der Waals surface area contributed by atoms with Crippen LogP contribution < -0.4 is 15.4 Å². The SMILES string of the molecule is CCOc1ccc2nc(NC(=O)C(CC)Sc3cccc(NC(C)=O)c3)sc2c1. The minimum Gasteiger partial charge on any atom is -0.494 e. The number of benzene rings is 2. The summed E-state index contributed by atoms with van der Waals surface area (Å²) >= 11 is 2.90. The maximum Gasteiger partial charge on any atom is 0.239 e. The predicted molar refractivity (Wildman–Crippen MR) is 120 cm³/mol. The Balaban J connectivity index is 1.69. The average Bonchev–Trinajstić information content (AvgIpc) is 3.07. The van der Waals surface area contributed by atoms with Gasteiger partial charge >= 0.3 is 0 Å². The molecule has 1 aromatic heterocycles. The van der Waals surface area contributed by atoms with Crippen molar-refractivity contribution in [2.45, 2.75) is 37.3 Å². The number of hydrogen-bond acceptors (Lipinski definition) is 6. The van der Waals surface area contributed by atoms with Gasteiger partial charge in [-0.1, -0.05) is 24.3 Å². The summed E-state index contributed by atoms with van der Waals surface area (Å²) in [6.45, 7) is 5.99. The number of anilines is 2. The van der Waals surface area contributed by atoms with E-state index in [2.05, 4.69) is 15.6 Å². The van der Waals surface area contributed by atoms with Crippen LogP contribution in [0.1, 0.15) is 27.2 Å². The average molecular weight is 430 g/mol. The number of carbonyl (C=O) groups excluding carboxylic acids is 2. The number of carbonyl (C=O) groups is 2. The number of fused-ring (bicyclic) bond motifs is 1. The van der Waals surface area contributed by atoms with Gasteiger partial charge in [0.15, 0.2) is 5.13 Å². The first-order valence-corrected chi connectivity index (χ1v) is 11.1. The van der Waals surface area contributed by atoms with Gasteiger partial charge in [-0.05, 0) is 49.7 Å². The first kappa shape index (κ1) is 21.1. The topological polar surface area (TPSA) is 80.3 Å². The fourth-order valence-electron chi connectivity index (χ4n) is 2.74. The lowest BCUT2D eigenvalue weighted by Crippen LogP contribution is -2.24. The second kappa shape index (κ2) is 9.76. The molecule has 1 heterocycles. The second-order valence-corrected chi connectivity index (χ2v) is 8.60. The Morgan fingerprint density at radius 1 is 1.17 bits per heavy atom. The molecular weight excluding hydrogens is 406 g/mol.